The highest BCUT2D eigenvalue weighted by Gasteiger charge is 2.31. The van der Waals surface area contributed by atoms with E-state index in [1.807, 2.05) is 0 Å². The number of nitrogens with zero attached hydrogens (tertiary/aromatic N) is 3. The third kappa shape index (κ3) is 5.57. The summed E-state index contributed by atoms with van der Waals surface area (Å²) in [6.07, 6.45) is 1.87. The standard InChI is InChI=1S/C21H26F3N3O2/c22-21(23,24)17-8-6-15(7-9-17)13-27-11-2-1-3-18(27)20-25-19(26-29-20)10-12-28-14-16-4-5-16/h6-9,16,18H,1-5,10-14H2. The molecule has 1 unspecified atom stereocenters. The van der Waals surface area contributed by atoms with Crippen molar-refractivity contribution in [3.63, 3.8) is 0 Å². The summed E-state index contributed by atoms with van der Waals surface area (Å²) in [6.45, 7) is 2.82. The van der Waals surface area contributed by atoms with Crippen LogP contribution < -0.4 is 0 Å². The first-order chi connectivity index (χ1) is 14.0. The molecule has 0 spiro atoms. The predicted molar refractivity (Wildman–Crippen MR) is 100.0 cm³/mol. The highest BCUT2D eigenvalue weighted by molar-refractivity contribution is 5.24. The molecule has 1 aliphatic heterocycles. The van der Waals surface area contributed by atoms with Crippen molar-refractivity contribution in [1.82, 2.24) is 15.0 Å². The van der Waals surface area contributed by atoms with Crippen molar-refractivity contribution in [3.05, 3.63) is 47.1 Å². The lowest BCUT2D eigenvalue weighted by Crippen LogP contribution is -2.33. The lowest BCUT2D eigenvalue weighted by atomic mass is 10.0. The summed E-state index contributed by atoms with van der Waals surface area (Å²) in [5.74, 6) is 1.97. The van der Waals surface area contributed by atoms with Gasteiger partial charge >= 0.3 is 6.18 Å². The number of halogens is 3. The largest absolute Gasteiger partial charge is 0.416 e. The maximum Gasteiger partial charge on any atom is 0.416 e. The van der Waals surface area contributed by atoms with E-state index in [-0.39, 0.29) is 6.04 Å². The average molecular weight is 409 g/mol. The molecule has 0 N–H and O–H groups in total. The van der Waals surface area contributed by atoms with Crippen molar-refractivity contribution in [3.8, 4) is 0 Å². The molecule has 2 heterocycles. The van der Waals surface area contributed by atoms with Crippen LogP contribution in [-0.4, -0.2) is 34.8 Å². The van der Waals surface area contributed by atoms with E-state index < -0.39 is 11.7 Å². The molecule has 2 aromatic rings. The Balaban J connectivity index is 1.35. The molecule has 29 heavy (non-hydrogen) atoms. The lowest BCUT2D eigenvalue weighted by Gasteiger charge is -2.33. The molecule has 1 aliphatic carbocycles. The smallest absolute Gasteiger partial charge is 0.381 e. The van der Waals surface area contributed by atoms with Gasteiger partial charge < -0.3 is 9.26 Å². The number of alkyl halides is 3. The molecule has 1 aromatic carbocycles. The van der Waals surface area contributed by atoms with Gasteiger partial charge in [0, 0.05) is 19.6 Å². The van der Waals surface area contributed by atoms with Gasteiger partial charge in [-0.3, -0.25) is 4.90 Å². The molecule has 1 saturated heterocycles. The van der Waals surface area contributed by atoms with Crippen LogP contribution in [0.5, 0.6) is 0 Å². The second kappa shape index (κ2) is 8.83. The molecule has 1 atom stereocenters. The second-order valence-corrected chi connectivity index (χ2v) is 7.99. The minimum Gasteiger partial charge on any atom is -0.381 e. The van der Waals surface area contributed by atoms with Gasteiger partial charge in [0.05, 0.1) is 18.2 Å². The quantitative estimate of drug-likeness (QED) is 0.587. The van der Waals surface area contributed by atoms with Gasteiger partial charge in [0.1, 0.15) is 0 Å². The zero-order valence-electron chi connectivity index (χ0n) is 16.3. The van der Waals surface area contributed by atoms with Crippen molar-refractivity contribution in [1.29, 1.82) is 0 Å². The number of hydrogen-bond donors (Lipinski definition) is 0. The fourth-order valence-corrected chi connectivity index (χ4v) is 3.70. The fourth-order valence-electron chi connectivity index (χ4n) is 3.70. The zero-order valence-corrected chi connectivity index (χ0v) is 16.3. The summed E-state index contributed by atoms with van der Waals surface area (Å²) in [4.78, 5) is 6.77. The SMILES string of the molecule is FC(F)(F)c1ccc(CN2CCCCC2c2nc(CCOCC3CC3)no2)cc1. The van der Waals surface area contributed by atoms with E-state index in [0.29, 0.717) is 31.3 Å². The number of likely N-dealkylation sites (tertiary alicyclic amines) is 1. The van der Waals surface area contributed by atoms with Crippen LogP contribution in [0.3, 0.4) is 0 Å². The molecular weight excluding hydrogens is 383 g/mol. The van der Waals surface area contributed by atoms with Crippen LogP contribution in [0.4, 0.5) is 13.2 Å². The van der Waals surface area contributed by atoms with Crippen molar-refractivity contribution in [2.75, 3.05) is 19.8 Å². The Hall–Kier alpha value is -1.93. The monoisotopic (exact) mass is 409 g/mol. The minimum atomic E-state index is -4.31. The maximum absolute atomic E-state index is 12.8. The van der Waals surface area contributed by atoms with Crippen molar-refractivity contribution < 1.29 is 22.4 Å². The Morgan fingerprint density at radius 2 is 1.90 bits per heavy atom. The van der Waals surface area contributed by atoms with Gasteiger partial charge in [-0.1, -0.05) is 23.7 Å². The summed E-state index contributed by atoms with van der Waals surface area (Å²) < 4.78 is 49.5. The van der Waals surface area contributed by atoms with E-state index in [1.54, 1.807) is 12.1 Å². The van der Waals surface area contributed by atoms with Crippen LogP contribution in [0, 0.1) is 5.92 Å². The zero-order chi connectivity index (χ0) is 20.3. The highest BCUT2D eigenvalue weighted by atomic mass is 19.4. The first-order valence-corrected chi connectivity index (χ1v) is 10.3. The fraction of sp³-hybridized carbons (Fsp3) is 0.619. The van der Waals surface area contributed by atoms with E-state index in [9.17, 15) is 13.2 Å². The van der Waals surface area contributed by atoms with Gasteiger partial charge in [-0.05, 0) is 55.8 Å². The third-order valence-corrected chi connectivity index (χ3v) is 5.57. The van der Waals surface area contributed by atoms with Gasteiger partial charge in [-0.25, -0.2) is 0 Å². The number of piperidine rings is 1. The molecule has 1 saturated carbocycles. The lowest BCUT2D eigenvalue weighted by molar-refractivity contribution is -0.137. The molecule has 2 fully saturated rings. The Labute approximate surface area is 168 Å². The molecule has 0 bridgehead atoms. The van der Waals surface area contributed by atoms with Gasteiger partial charge in [0.15, 0.2) is 5.82 Å². The Bertz CT molecular complexity index is 787. The normalized spacial score (nSPS) is 20.9. The molecule has 1 aromatic heterocycles. The van der Waals surface area contributed by atoms with Gasteiger partial charge in [-0.2, -0.15) is 18.2 Å². The molecule has 2 aliphatic rings. The Morgan fingerprint density at radius 3 is 2.62 bits per heavy atom. The van der Waals surface area contributed by atoms with E-state index in [4.69, 9.17) is 9.26 Å². The molecule has 4 rings (SSSR count). The molecular formula is C21H26F3N3O2. The van der Waals surface area contributed by atoms with E-state index in [1.165, 1.54) is 12.8 Å². The first-order valence-electron chi connectivity index (χ1n) is 10.3. The van der Waals surface area contributed by atoms with Crippen LogP contribution >= 0.6 is 0 Å². The van der Waals surface area contributed by atoms with Crippen LogP contribution in [0.25, 0.3) is 0 Å². The Morgan fingerprint density at radius 1 is 1.10 bits per heavy atom. The molecule has 0 radical (unpaired) electrons. The number of aromatic nitrogens is 2. The summed E-state index contributed by atoms with van der Waals surface area (Å²) in [6, 6.07) is 5.37. The van der Waals surface area contributed by atoms with Crippen LogP contribution in [0.1, 0.15) is 61.0 Å². The number of ether oxygens (including phenoxy) is 1. The molecule has 0 amide bonds. The topological polar surface area (TPSA) is 51.4 Å². The Kier molecular flexibility index (Phi) is 6.20. The van der Waals surface area contributed by atoms with Crippen molar-refractivity contribution in [2.45, 2.75) is 57.3 Å². The predicted octanol–water partition coefficient (Wildman–Crippen LogP) is 4.78. The van der Waals surface area contributed by atoms with Crippen molar-refractivity contribution in [2.24, 2.45) is 5.92 Å². The molecule has 5 nitrogen and oxygen atoms in total. The molecule has 8 heteroatoms. The van der Waals surface area contributed by atoms with Gasteiger partial charge in [-0.15, -0.1) is 0 Å². The first kappa shape index (κ1) is 20.3. The van der Waals surface area contributed by atoms with Gasteiger partial charge in [0.2, 0.25) is 5.89 Å². The third-order valence-electron chi connectivity index (χ3n) is 5.57. The van der Waals surface area contributed by atoms with E-state index >= 15 is 0 Å². The summed E-state index contributed by atoms with van der Waals surface area (Å²) in [5.41, 5.74) is 0.222. The maximum atomic E-state index is 12.8. The summed E-state index contributed by atoms with van der Waals surface area (Å²) in [5, 5.41) is 4.09. The highest BCUT2D eigenvalue weighted by Crippen LogP contribution is 2.33. The van der Waals surface area contributed by atoms with Crippen molar-refractivity contribution >= 4 is 0 Å². The van der Waals surface area contributed by atoms with Crippen LogP contribution in [-0.2, 0) is 23.9 Å². The summed E-state index contributed by atoms with van der Waals surface area (Å²) in [7, 11) is 0. The minimum absolute atomic E-state index is 0.000301. The van der Waals surface area contributed by atoms with Crippen LogP contribution in [0.15, 0.2) is 28.8 Å². The average Bonchev–Trinajstić information content (AvgIpc) is 3.41. The van der Waals surface area contributed by atoms with Gasteiger partial charge in [0.25, 0.3) is 0 Å². The molecule has 158 valence electrons. The number of rotatable bonds is 8. The van der Waals surface area contributed by atoms with Crippen LogP contribution in [0.2, 0.25) is 0 Å². The van der Waals surface area contributed by atoms with E-state index in [0.717, 1.165) is 56.0 Å². The summed E-state index contributed by atoms with van der Waals surface area (Å²) >= 11 is 0. The number of benzene rings is 1. The van der Waals surface area contributed by atoms with E-state index in [2.05, 4.69) is 15.0 Å². The number of hydrogen-bond acceptors (Lipinski definition) is 5. The second-order valence-electron chi connectivity index (χ2n) is 7.99.